The third-order valence-electron chi connectivity index (χ3n) is 3.82. The number of rotatable bonds is 4. The first-order valence-electron chi connectivity index (χ1n) is 7.70. The standard InChI is InChI=1S/C16H27N3O4/c1-6-11-7-8-12(23-14(17)22)16(9-11,18-10(2)20)13(21)19-15(3,4)5/h6,11-12H,1,7-9H2,2-5H3,(H2,17,22)(H,18,20)(H,19,21). The van der Waals surface area contributed by atoms with Crippen LogP contribution in [0.25, 0.3) is 0 Å². The molecule has 1 aliphatic carbocycles. The first-order valence-corrected chi connectivity index (χ1v) is 7.70. The maximum atomic E-state index is 12.9. The van der Waals surface area contributed by atoms with Gasteiger partial charge in [0, 0.05) is 12.5 Å². The molecule has 3 amide bonds. The van der Waals surface area contributed by atoms with Crippen LogP contribution in [-0.4, -0.2) is 35.1 Å². The van der Waals surface area contributed by atoms with Crippen molar-refractivity contribution in [2.45, 2.75) is 64.1 Å². The smallest absolute Gasteiger partial charge is 0.404 e. The van der Waals surface area contributed by atoms with Crippen LogP contribution < -0.4 is 16.4 Å². The van der Waals surface area contributed by atoms with Crippen molar-refractivity contribution in [2.75, 3.05) is 0 Å². The van der Waals surface area contributed by atoms with Gasteiger partial charge in [0.05, 0.1) is 0 Å². The Morgan fingerprint density at radius 2 is 1.91 bits per heavy atom. The Hall–Kier alpha value is -2.05. The van der Waals surface area contributed by atoms with Gasteiger partial charge < -0.3 is 21.1 Å². The number of carbonyl (C=O) groups is 3. The van der Waals surface area contributed by atoms with E-state index < -0.39 is 29.2 Å². The number of nitrogens with two attached hydrogens (primary N) is 1. The summed E-state index contributed by atoms with van der Waals surface area (Å²) in [6.45, 7) is 10.6. The van der Waals surface area contributed by atoms with Crippen molar-refractivity contribution in [3.63, 3.8) is 0 Å². The number of allylic oxidation sites excluding steroid dienone is 1. The predicted octanol–water partition coefficient (Wildman–Crippen LogP) is 1.23. The topological polar surface area (TPSA) is 111 Å². The lowest BCUT2D eigenvalue weighted by Gasteiger charge is -2.45. The normalized spacial score (nSPS) is 27.7. The highest BCUT2D eigenvalue weighted by Crippen LogP contribution is 2.36. The molecule has 4 N–H and O–H groups in total. The molecule has 7 nitrogen and oxygen atoms in total. The molecule has 1 saturated carbocycles. The summed E-state index contributed by atoms with van der Waals surface area (Å²) in [5, 5.41) is 5.57. The van der Waals surface area contributed by atoms with E-state index in [9.17, 15) is 14.4 Å². The summed E-state index contributed by atoms with van der Waals surface area (Å²) in [6.07, 6.45) is 1.38. The zero-order chi connectivity index (χ0) is 17.8. The quantitative estimate of drug-likeness (QED) is 0.675. The average Bonchev–Trinajstić information content (AvgIpc) is 2.37. The zero-order valence-corrected chi connectivity index (χ0v) is 14.3. The van der Waals surface area contributed by atoms with E-state index in [1.807, 2.05) is 20.8 Å². The number of nitrogens with one attached hydrogen (secondary N) is 2. The summed E-state index contributed by atoms with van der Waals surface area (Å²) in [4.78, 5) is 35.9. The summed E-state index contributed by atoms with van der Waals surface area (Å²) < 4.78 is 5.17. The van der Waals surface area contributed by atoms with E-state index in [-0.39, 0.29) is 11.8 Å². The largest absolute Gasteiger partial charge is 0.443 e. The molecule has 0 aromatic heterocycles. The van der Waals surface area contributed by atoms with Crippen molar-refractivity contribution in [3.05, 3.63) is 12.7 Å². The minimum absolute atomic E-state index is 0.0281. The van der Waals surface area contributed by atoms with Crippen LogP contribution in [0.15, 0.2) is 12.7 Å². The van der Waals surface area contributed by atoms with Gasteiger partial charge in [0.15, 0.2) is 5.54 Å². The maximum absolute atomic E-state index is 12.9. The average molecular weight is 325 g/mol. The fraction of sp³-hybridized carbons (Fsp3) is 0.688. The van der Waals surface area contributed by atoms with Crippen LogP contribution in [0.2, 0.25) is 0 Å². The molecular formula is C16H27N3O4. The molecule has 0 radical (unpaired) electrons. The molecule has 1 fully saturated rings. The second-order valence-electron chi connectivity index (χ2n) is 7.06. The molecule has 1 aliphatic rings. The SMILES string of the molecule is C=CC1CCC(OC(N)=O)C(NC(C)=O)(C(=O)NC(C)(C)C)C1. The monoisotopic (exact) mass is 325 g/mol. The van der Waals surface area contributed by atoms with Crippen LogP contribution in [0.5, 0.6) is 0 Å². The Bertz CT molecular complexity index is 498. The van der Waals surface area contributed by atoms with E-state index in [0.717, 1.165) is 0 Å². The number of hydrogen-bond acceptors (Lipinski definition) is 4. The van der Waals surface area contributed by atoms with Gasteiger partial charge in [-0.15, -0.1) is 6.58 Å². The van der Waals surface area contributed by atoms with E-state index in [1.54, 1.807) is 6.08 Å². The van der Waals surface area contributed by atoms with Crippen LogP contribution in [-0.2, 0) is 14.3 Å². The summed E-state index contributed by atoms with van der Waals surface area (Å²) in [5.74, 6) is -0.741. The van der Waals surface area contributed by atoms with E-state index in [0.29, 0.717) is 19.3 Å². The Balaban J connectivity index is 3.26. The third kappa shape index (κ3) is 4.97. The Labute approximate surface area is 137 Å². The number of carbonyl (C=O) groups excluding carboxylic acids is 3. The molecule has 0 aliphatic heterocycles. The van der Waals surface area contributed by atoms with E-state index in [1.165, 1.54) is 6.92 Å². The summed E-state index contributed by atoms with van der Waals surface area (Å²) in [7, 11) is 0. The first-order chi connectivity index (χ1) is 10.5. The minimum atomic E-state index is -1.36. The molecule has 0 heterocycles. The zero-order valence-electron chi connectivity index (χ0n) is 14.3. The molecule has 0 saturated heterocycles. The van der Waals surface area contributed by atoms with Gasteiger partial charge in [-0.1, -0.05) is 6.08 Å². The molecule has 0 aromatic carbocycles. The molecule has 23 heavy (non-hydrogen) atoms. The summed E-state index contributed by atoms with van der Waals surface area (Å²) in [5.41, 5.74) is 3.29. The van der Waals surface area contributed by atoms with Crippen LogP contribution in [0, 0.1) is 5.92 Å². The van der Waals surface area contributed by atoms with Crippen molar-refractivity contribution in [1.29, 1.82) is 0 Å². The molecule has 130 valence electrons. The first kappa shape index (κ1) is 19.0. The van der Waals surface area contributed by atoms with Crippen LogP contribution in [0.3, 0.4) is 0 Å². The van der Waals surface area contributed by atoms with Crippen molar-refractivity contribution in [1.82, 2.24) is 10.6 Å². The third-order valence-corrected chi connectivity index (χ3v) is 3.82. The van der Waals surface area contributed by atoms with Gasteiger partial charge in [-0.2, -0.15) is 0 Å². The van der Waals surface area contributed by atoms with E-state index in [4.69, 9.17) is 10.5 Å². The maximum Gasteiger partial charge on any atom is 0.404 e. The Morgan fingerprint density at radius 1 is 1.30 bits per heavy atom. The summed E-state index contributed by atoms with van der Waals surface area (Å²) in [6, 6.07) is 0. The number of ether oxygens (including phenoxy) is 1. The lowest BCUT2D eigenvalue weighted by molar-refractivity contribution is -0.142. The highest BCUT2D eigenvalue weighted by Gasteiger charge is 2.52. The number of amides is 3. The van der Waals surface area contributed by atoms with Crippen molar-refractivity contribution < 1.29 is 19.1 Å². The van der Waals surface area contributed by atoms with Crippen LogP contribution in [0.1, 0.15) is 47.0 Å². The molecule has 7 heteroatoms. The predicted molar refractivity (Wildman–Crippen MR) is 86.4 cm³/mol. The van der Waals surface area contributed by atoms with Gasteiger partial charge in [0.1, 0.15) is 6.10 Å². The number of hydrogen-bond donors (Lipinski definition) is 3. The highest BCUT2D eigenvalue weighted by molar-refractivity contribution is 5.92. The minimum Gasteiger partial charge on any atom is -0.443 e. The fourth-order valence-corrected chi connectivity index (χ4v) is 2.95. The van der Waals surface area contributed by atoms with Gasteiger partial charge in [0.25, 0.3) is 0 Å². The highest BCUT2D eigenvalue weighted by atomic mass is 16.6. The van der Waals surface area contributed by atoms with Crippen molar-refractivity contribution in [3.8, 4) is 0 Å². The van der Waals surface area contributed by atoms with Gasteiger partial charge in [-0.05, 0) is 46.0 Å². The molecule has 0 aromatic rings. The van der Waals surface area contributed by atoms with Gasteiger partial charge >= 0.3 is 6.09 Å². The second-order valence-corrected chi connectivity index (χ2v) is 7.06. The van der Waals surface area contributed by atoms with Crippen LogP contribution >= 0.6 is 0 Å². The van der Waals surface area contributed by atoms with Gasteiger partial charge in [-0.25, -0.2) is 4.79 Å². The van der Waals surface area contributed by atoms with Gasteiger partial charge in [-0.3, -0.25) is 9.59 Å². The molecule has 0 spiro atoms. The second kappa shape index (κ2) is 7.02. The van der Waals surface area contributed by atoms with Gasteiger partial charge in [0.2, 0.25) is 11.8 Å². The van der Waals surface area contributed by atoms with Crippen molar-refractivity contribution >= 4 is 17.9 Å². The molecule has 3 atom stereocenters. The fourth-order valence-electron chi connectivity index (χ4n) is 2.95. The molecule has 1 rings (SSSR count). The molecule has 0 bridgehead atoms. The van der Waals surface area contributed by atoms with Crippen molar-refractivity contribution in [2.24, 2.45) is 11.7 Å². The molecule has 3 unspecified atom stereocenters. The van der Waals surface area contributed by atoms with E-state index >= 15 is 0 Å². The van der Waals surface area contributed by atoms with Crippen LogP contribution in [0.4, 0.5) is 4.79 Å². The lowest BCUT2D eigenvalue weighted by Crippen LogP contribution is -2.69. The number of primary amides is 1. The Kier molecular flexibility index (Phi) is 5.80. The molecular weight excluding hydrogens is 298 g/mol. The summed E-state index contributed by atoms with van der Waals surface area (Å²) >= 11 is 0. The van der Waals surface area contributed by atoms with E-state index in [2.05, 4.69) is 17.2 Å². The Morgan fingerprint density at radius 3 is 2.35 bits per heavy atom. The lowest BCUT2D eigenvalue weighted by atomic mass is 9.72.